The van der Waals surface area contributed by atoms with Gasteiger partial charge in [-0.2, -0.15) is 0 Å². The lowest BCUT2D eigenvalue weighted by atomic mass is 9.88. The summed E-state index contributed by atoms with van der Waals surface area (Å²) >= 11 is 0. The normalized spacial score (nSPS) is 17.8. The summed E-state index contributed by atoms with van der Waals surface area (Å²) in [6.45, 7) is 6.11. The Bertz CT molecular complexity index is 987. The van der Waals surface area contributed by atoms with E-state index in [1.54, 1.807) is 11.9 Å². The first-order chi connectivity index (χ1) is 15.8. The Balaban J connectivity index is 1.97. The second-order valence-electron chi connectivity index (χ2n) is 9.11. The van der Waals surface area contributed by atoms with Gasteiger partial charge in [0, 0.05) is 18.2 Å². The number of hydrogen-bond donors (Lipinski definition) is 2. The number of anilines is 1. The molecule has 0 aromatic heterocycles. The zero-order chi connectivity index (χ0) is 24.0. The zero-order valence-corrected chi connectivity index (χ0v) is 20.0. The van der Waals surface area contributed by atoms with E-state index in [9.17, 15) is 14.7 Å². The van der Waals surface area contributed by atoms with Crippen molar-refractivity contribution in [2.75, 3.05) is 11.9 Å². The summed E-state index contributed by atoms with van der Waals surface area (Å²) < 4.78 is 0. The van der Waals surface area contributed by atoms with Gasteiger partial charge in [0.05, 0.1) is 23.4 Å². The van der Waals surface area contributed by atoms with Crippen LogP contribution in [0.25, 0.3) is 0 Å². The average molecular weight is 450 g/mol. The van der Waals surface area contributed by atoms with Gasteiger partial charge < -0.3 is 15.3 Å². The summed E-state index contributed by atoms with van der Waals surface area (Å²) in [5.41, 5.74) is 3.09. The van der Waals surface area contributed by atoms with Crippen LogP contribution < -0.4 is 10.2 Å². The van der Waals surface area contributed by atoms with Crippen LogP contribution in [0.2, 0.25) is 0 Å². The predicted molar refractivity (Wildman–Crippen MR) is 132 cm³/mol. The van der Waals surface area contributed by atoms with E-state index in [2.05, 4.69) is 12.2 Å². The molecule has 3 rings (SSSR count). The van der Waals surface area contributed by atoms with Crippen LogP contribution in [0.3, 0.4) is 0 Å². The molecule has 0 saturated carbocycles. The molecule has 3 atom stereocenters. The zero-order valence-electron chi connectivity index (χ0n) is 20.0. The van der Waals surface area contributed by atoms with Crippen LogP contribution in [0.15, 0.2) is 59.6 Å². The molecule has 0 aliphatic carbocycles. The van der Waals surface area contributed by atoms with Crippen LogP contribution in [-0.2, 0) is 9.59 Å². The molecule has 2 unspecified atom stereocenters. The number of rotatable bonds is 9. The molecule has 2 amide bonds. The van der Waals surface area contributed by atoms with Gasteiger partial charge in [-0.25, -0.2) is 4.99 Å². The van der Waals surface area contributed by atoms with Crippen molar-refractivity contribution < 1.29 is 14.7 Å². The standard InChI is InChI=1S/C27H35N3O3/c1-5-6-16-23(31)21(17-18(2)3)26(32)29-25-27(33)30(4)22-15-11-10-14-20(22)24(28-25)19-12-8-7-9-13-19/h7-15,18,21,23,25,31H,5-6,16-17H2,1-4H3,(H,29,32)/t21?,23-,25?/m0/s1. The van der Waals surface area contributed by atoms with Crippen LogP contribution in [0.4, 0.5) is 5.69 Å². The Labute approximate surface area is 196 Å². The number of aliphatic hydroxyl groups is 1. The quantitative estimate of drug-likeness (QED) is 0.603. The fourth-order valence-electron chi connectivity index (χ4n) is 4.25. The van der Waals surface area contributed by atoms with E-state index in [1.807, 2.05) is 68.4 Å². The predicted octanol–water partition coefficient (Wildman–Crippen LogP) is 4.16. The summed E-state index contributed by atoms with van der Waals surface area (Å²) in [7, 11) is 1.70. The van der Waals surface area contributed by atoms with Crippen molar-refractivity contribution in [2.24, 2.45) is 16.8 Å². The number of aliphatic imine (C=N–C) groups is 1. The Hall–Kier alpha value is -2.99. The van der Waals surface area contributed by atoms with Crippen molar-refractivity contribution in [3.63, 3.8) is 0 Å². The van der Waals surface area contributed by atoms with E-state index in [0.29, 0.717) is 18.6 Å². The monoisotopic (exact) mass is 449 g/mol. The van der Waals surface area contributed by atoms with Crippen LogP contribution in [-0.4, -0.2) is 41.9 Å². The van der Waals surface area contributed by atoms with E-state index in [-0.39, 0.29) is 17.7 Å². The number of nitrogens with one attached hydrogen (secondary N) is 1. The van der Waals surface area contributed by atoms with Gasteiger partial charge in [-0.15, -0.1) is 0 Å². The van der Waals surface area contributed by atoms with Crippen LogP contribution >= 0.6 is 0 Å². The topological polar surface area (TPSA) is 82.0 Å². The van der Waals surface area contributed by atoms with Crippen LogP contribution in [0, 0.1) is 11.8 Å². The molecule has 2 aromatic carbocycles. The third kappa shape index (κ3) is 5.88. The minimum Gasteiger partial charge on any atom is -0.392 e. The summed E-state index contributed by atoms with van der Waals surface area (Å²) in [5.74, 6) is -0.998. The summed E-state index contributed by atoms with van der Waals surface area (Å²) in [6, 6.07) is 17.3. The number of para-hydroxylation sites is 1. The maximum absolute atomic E-state index is 13.3. The number of unbranched alkanes of at least 4 members (excludes halogenated alkanes) is 1. The maximum Gasteiger partial charge on any atom is 0.272 e. The largest absolute Gasteiger partial charge is 0.392 e. The molecule has 1 aliphatic rings. The Morgan fingerprint density at radius 3 is 2.45 bits per heavy atom. The molecule has 2 N–H and O–H groups in total. The first-order valence-corrected chi connectivity index (χ1v) is 11.8. The number of fused-ring (bicyclic) bond motifs is 1. The molecular formula is C27H35N3O3. The number of amides is 2. The highest BCUT2D eigenvalue weighted by atomic mass is 16.3. The highest BCUT2D eigenvalue weighted by Gasteiger charge is 2.34. The molecule has 1 heterocycles. The smallest absolute Gasteiger partial charge is 0.272 e. The van der Waals surface area contributed by atoms with Gasteiger partial charge in [-0.05, 0) is 24.8 Å². The van der Waals surface area contributed by atoms with E-state index >= 15 is 0 Å². The first-order valence-electron chi connectivity index (χ1n) is 11.8. The molecule has 1 aliphatic heterocycles. The highest BCUT2D eigenvalue weighted by Crippen LogP contribution is 2.27. The minimum absolute atomic E-state index is 0.233. The number of aliphatic hydroxyl groups excluding tert-OH is 1. The molecule has 0 bridgehead atoms. The summed E-state index contributed by atoms with van der Waals surface area (Å²) in [4.78, 5) is 33.0. The molecule has 0 saturated heterocycles. The number of nitrogens with zero attached hydrogens (tertiary/aromatic N) is 2. The molecular weight excluding hydrogens is 414 g/mol. The van der Waals surface area contributed by atoms with Crippen molar-refractivity contribution in [3.8, 4) is 0 Å². The van der Waals surface area contributed by atoms with Gasteiger partial charge in [0.1, 0.15) is 0 Å². The molecule has 6 nitrogen and oxygen atoms in total. The van der Waals surface area contributed by atoms with E-state index in [4.69, 9.17) is 4.99 Å². The van der Waals surface area contributed by atoms with E-state index < -0.39 is 18.2 Å². The van der Waals surface area contributed by atoms with Gasteiger partial charge in [-0.3, -0.25) is 9.59 Å². The first kappa shape index (κ1) is 24.6. The lowest BCUT2D eigenvalue weighted by Gasteiger charge is -2.26. The summed E-state index contributed by atoms with van der Waals surface area (Å²) in [5, 5.41) is 13.6. The van der Waals surface area contributed by atoms with Crippen LogP contribution in [0.1, 0.15) is 57.6 Å². The Kier molecular flexibility index (Phi) is 8.39. The number of carbonyl (C=O) groups excluding carboxylic acids is 2. The Morgan fingerprint density at radius 2 is 1.79 bits per heavy atom. The second-order valence-corrected chi connectivity index (χ2v) is 9.11. The lowest BCUT2D eigenvalue weighted by Crippen LogP contribution is -2.49. The number of benzodiazepines with no additional fused rings is 1. The molecule has 6 heteroatoms. The number of benzene rings is 2. The molecule has 176 valence electrons. The third-order valence-corrected chi connectivity index (χ3v) is 6.05. The van der Waals surface area contributed by atoms with Crippen LogP contribution in [0.5, 0.6) is 0 Å². The van der Waals surface area contributed by atoms with Crippen molar-refractivity contribution in [3.05, 3.63) is 65.7 Å². The second kappa shape index (κ2) is 11.2. The average Bonchev–Trinajstić information content (AvgIpc) is 2.92. The molecule has 0 fully saturated rings. The van der Waals surface area contributed by atoms with Gasteiger partial charge in [-0.1, -0.05) is 82.1 Å². The van der Waals surface area contributed by atoms with Gasteiger partial charge in [0.2, 0.25) is 12.1 Å². The van der Waals surface area contributed by atoms with Gasteiger partial charge >= 0.3 is 0 Å². The number of likely N-dealkylation sites (N-methyl/N-ethyl adjacent to an activating group) is 1. The highest BCUT2D eigenvalue weighted by molar-refractivity contribution is 6.20. The fraction of sp³-hybridized carbons (Fsp3) is 0.444. The van der Waals surface area contributed by atoms with Gasteiger partial charge in [0.15, 0.2) is 0 Å². The van der Waals surface area contributed by atoms with E-state index in [0.717, 1.165) is 29.7 Å². The number of hydrogen-bond acceptors (Lipinski definition) is 4. The van der Waals surface area contributed by atoms with Crippen molar-refractivity contribution in [1.29, 1.82) is 0 Å². The van der Waals surface area contributed by atoms with Crippen molar-refractivity contribution in [2.45, 2.75) is 58.7 Å². The lowest BCUT2D eigenvalue weighted by molar-refractivity contribution is -0.133. The fourth-order valence-corrected chi connectivity index (χ4v) is 4.25. The number of carbonyl (C=O) groups is 2. The molecule has 0 spiro atoms. The third-order valence-electron chi connectivity index (χ3n) is 6.05. The molecule has 2 aromatic rings. The van der Waals surface area contributed by atoms with Gasteiger partial charge in [0.25, 0.3) is 5.91 Å². The maximum atomic E-state index is 13.3. The van der Waals surface area contributed by atoms with Crippen molar-refractivity contribution >= 4 is 23.2 Å². The molecule has 33 heavy (non-hydrogen) atoms. The summed E-state index contributed by atoms with van der Waals surface area (Å²) in [6.07, 6.45) is 1.08. The minimum atomic E-state index is -1.07. The molecule has 0 radical (unpaired) electrons. The SMILES string of the molecule is CCCC[C@H](O)C(CC(C)C)C(=O)NC1N=C(c2ccccc2)c2ccccc2N(C)C1=O. The Morgan fingerprint density at radius 1 is 1.12 bits per heavy atom. The van der Waals surface area contributed by atoms with E-state index in [1.165, 1.54) is 0 Å². The van der Waals surface area contributed by atoms with Crippen molar-refractivity contribution in [1.82, 2.24) is 5.32 Å².